The zero-order valence-electron chi connectivity index (χ0n) is 22.0. The lowest BCUT2D eigenvalue weighted by atomic mass is 10.0. The van der Waals surface area contributed by atoms with E-state index in [-0.39, 0.29) is 11.9 Å². The van der Waals surface area contributed by atoms with Crippen LogP contribution in [0.2, 0.25) is 0 Å². The number of methoxy groups -OCH3 is 1. The lowest BCUT2D eigenvalue weighted by Crippen LogP contribution is -2.52. The smallest absolute Gasteiger partial charge is 0.234 e. The molecule has 3 aromatic carbocycles. The Morgan fingerprint density at radius 1 is 0.921 bits per heavy atom. The summed E-state index contributed by atoms with van der Waals surface area (Å²) in [5.74, 6) is 0.939. The first-order chi connectivity index (χ1) is 18.7. The fraction of sp³-hybridized carbons (Fsp3) is 0.323. The predicted octanol–water partition coefficient (Wildman–Crippen LogP) is 3.82. The largest absolute Gasteiger partial charge is 0.496 e. The maximum absolute atomic E-state index is 13.2. The first kappa shape index (κ1) is 25.8. The third-order valence-electron chi connectivity index (χ3n) is 7.27. The van der Waals surface area contributed by atoms with E-state index in [0.717, 1.165) is 49.4 Å². The van der Waals surface area contributed by atoms with Gasteiger partial charge >= 0.3 is 0 Å². The maximum atomic E-state index is 13.2. The minimum Gasteiger partial charge on any atom is -0.496 e. The van der Waals surface area contributed by atoms with Crippen LogP contribution in [0.15, 0.2) is 85.1 Å². The second-order valence-corrected chi connectivity index (χ2v) is 9.87. The van der Waals surface area contributed by atoms with Crippen LogP contribution in [0.25, 0.3) is 10.9 Å². The average Bonchev–Trinajstić information content (AvgIpc) is 3.37. The number of aromatic amines is 1. The zero-order chi connectivity index (χ0) is 26.2. The van der Waals surface area contributed by atoms with Gasteiger partial charge in [0.25, 0.3) is 0 Å². The molecule has 1 atom stereocenters. The highest BCUT2D eigenvalue weighted by Gasteiger charge is 2.21. The lowest BCUT2D eigenvalue weighted by Gasteiger charge is -2.36. The normalized spacial score (nSPS) is 14.9. The second kappa shape index (κ2) is 12.6. The van der Waals surface area contributed by atoms with Crippen LogP contribution in [0.1, 0.15) is 11.1 Å². The van der Waals surface area contributed by atoms with Crippen LogP contribution in [0.4, 0.5) is 5.69 Å². The molecular weight excluding hydrogens is 474 g/mol. The number of nitrogens with one attached hydrogen (secondary N) is 3. The van der Waals surface area contributed by atoms with Crippen LogP contribution in [0, 0.1) is 0 Å². The number of ether oxygens (including phenoxy) is 1. The van der Waals surface area contributed by atoms with Crippen molar-refractivity contribution in [2.75, 3.05) is 51.3 Å². The van der Waals surface area contributed by atoms with Gasteiger partial charge in [0.1, 0.15) is 5.75 Å². The van der Waals surface area contributed by atoms with E-state index in [0.29, 0.717) is 19.6 Å². The molecule has 3 N–H and O–H groups in total. The first-order valence-corrected chi connectivity index (χ1v) is 13.4. The molecule has 7 nitrogen and oxygen atoms in total. The highest BCUT2D eigenvalue weighted by atomic mass is 16.5. The third kappa shape index (κ3) is 6.54. The van der Waals surface area contributed by atoms with Gasteiger partial charge in [0, 0.05) is 73.7 Å². The monoisotopic (exact) mass is 511 g/mol. The van der Waals surface area contributed by atoms with Gasteiger partial charge in [-0.15, -0.1) is 0 Å². The number of H-pyrrole nitrogens is 1. The van der Waals surface area contributed by atoms with Crippen LogP contribution < -0.4 is 20.3 Å². The number of carbonyl (C=O) groups is 1. The number of amides is 1. The van der Waals surface area contributed by atoms with Gasteiger partial charge in [-0.25, -0.2) is 0 Å². The summed E-state index contributed by atoms with van der Waals surface area (Å²) >= 11 is 0. The van der Waals surface area contributed by atoms with Gasteiger partial charge in [0.05, 0.1) is 13.7 Å². The van der Waals surface area contributed by atoms with Crippen LogP contribution in [-0.4, -0.2) is 68.2 Å². The van der Waals surface area contributed by atoms with Crippen molar-refractivity contribution in [3.05, 3.63) is 96.2 Å². The van der Waals surface area contributed by atoms with Crippen molar-refractivity contribution in [1.29, 1.82) is 0 Å². The molecule has 1 fully saturated rings. The molecule has 0 unspecified atom stereocenters. The topological polar surface area (TPSA) is 72.6 Å². The lowest BCUT2D eigenvalue weighted by molar-refractivity contribution is -0.123. The number of aromatic nitrogens is 1. The highest BCUT2D eigenvalue weighted by Crippen LogP contribution is 2.20. The summed E-state index contributed by atoms with van der Waals surface area (Å²) < 4.78 is 5.50. The molecular formula is C31H37N5O2. The van der Waals surface area contributed by atoms with Gasteiger partial charge in [-0.3, -0.25) is 9.69 Å². The Kier molecular flexibility index (Phi) is 8.58. The van der Waals surface area contributed by atoms with E-state index in [1.54, 1.807) is 7.11 Å². The van der Waals surface area contributed by atoms with E-state index in [1.807, 2.05) is 30.3 Å². The van der Waals surface area contributed by atoms with E-state index in [1.165, 1.54) is 16.6 Å². The summed E-state index contributed by atoms with van der Waals surface area (Å²) in [4.78, 5) is 21.2. The molecule has 38 heavy (non-hydrogen) atoms. The van der Waals surface area contributed by atoms with Gasteiger partial charge in [0.2, 0.25) is 5.91 Å². The Morgan fingerprint density at radius 3 is 2.47 bits per heavy atom. The Morgan fingerprint density at radius 2 is 1.66 bits per heavy atom. The van der Waals surface area contributed by atoms with Gasteiger partial charge in [-0.2, -0.15) is 0 Å². The van der Waals surface area contributed by atoms with Crippen molar-refractivity contribution in [1.82, 2.24) is 20.5 Å². The number of benzene rings is 3. The fourth-order valence-electron chi connectivity index (χ4n) is 5.25. The minimum absolute atomic E-state index is 0.0398. The third-order valence-corrected chi connectivity index (χ3v) is 7.27. The van der Waals surface area contributed by atoms with Crippen molar-refractivity contribution in [2.24, 2.45) is 0 Å². The van der Waals surface area contributed by atoms with Crippen LogP contribution in [0.5, 0.6) is 5.75 Å². The summed E-state index contributed by atoms with van der Waals surface area (Å²) in [6, 6.07) is 26.8. The Balaban J connectivity index is 1.19. The Bertz CT molecular complexity index is 1310. The number of para-hydroxylation sites is 3. The van der Waals surface area contributed by atoms with Crippen LogP contribution in [0.3, 0.4) is 0 Å². The molecule has 1 saturated heterocycles. The molecule has 0 aliphatic carbocycles. The van der Waals surface area contributed by atoms with E-state index < -0.39 is 0 Å². The molecule has 0 spiro atoms. The fourth-order valence-corrected chi connectivity index (χ4v) is 5.25. The predicted molar refractivity (Wildman–Crippen MR) is 154 cm³/mol. The van der Waals surface area contributed by atoms with Gasteiger partial charge in [0.15, 0.2) is 0 Å². The summed E-state index contributed by atoms with van der Waals surface area (Å²) in [7, 11) is 1.69. The molecule has 198 valence electrons. The van der Waals surface area contributed by atoms with Crippen molar-refractivity contribution >= 4 is 22.5 Å². The maximum Gasteiger partial charge on any atom is 0.234 e. The molecule has 2 heterocycles. The number of carbonyl (C=O) groups excluding carboxylic acids is 1. The molecule has 1 aliphatic heterocycles. The number of fused-ring (bicyclic) bond motifs is 1. The summed E-state index contributed by atoms with van der Waals surface area (Å²) in [6.07, 6.45) is 2.81. The van der Waals surface area contributed by atoms with E-state index >= 15 is 0 Å². The molecule has 4 aromatic rings. The molecule has 1 aliphatic rings. The first-order valence-electron chi connectivity index (χ1n) is 13.4. The van der Waals surface area contributed by atoms with Crippen LogP contribution >= 0.6 is 0 Å². The highest BCUT2D eigenvalue weighted by molar-refractivity contribution is 5.83. The molecule has 0 saturated carbocycles. The number of nitrogens with zero attached hydrogens (tertiary/aromatic N) is 2. The molecule has 1 aromatic heterocycles. The molecule has 5 rings (SSSR count). The van der Waals surface area contributed by atoms with Crippen molar-refractivity contribution in [2.45, 2.75) is 19.0 Å². The molecule has 1 amide bonds. The van der Waals surface area contributed by atoms with Crippen molar-refractivity contribution in [3.8, 4) is 5.75 Å². The summed E-state index contributed by atoms with van der Waals surface area (Å²) in [5, 5.41) is 8.07. The Hall–Kier alpha value is -3.81. The number of rotatable bonds is 11. The minimum atomic E-state index is -0.0398. The van der Waals surface area contributed by atoms with Gasteiger partial charge in [-0.1, -0.05) is 54.6 Å². The molecule has 0 bridgehead atoms. The Labute approximate surface area is 224 Å². The van der Waals surface area contributed by atoms with Gasteiger partial charge < -0.3 is 25.3 Å². The van der Waals surface area contributed by atoms with Gasteiger partial charge in [-0.05, 0) is 36.2 Å². The zero-order valence-corrected chi connectivity index (χ0v) is 22.0. The number of anilines is 1. The number of hydrogen-bond donors (Lipinski definition) is 3. The van der Waals surface area contributed by atoms with Crippen molar-refractivity contribution < 1.29 is 9.53 Å². The average molecular weight is 512 g/mol. The summed E-state index contributed by atoms with van der Waals surface area (Å²) in [6.45, 7) is 5.35. The van der Waals surface area contributed by atoms with E-state index in [4.69, 9.17) is 4.74 Å². The molecule has 7 heteroatoms. The number of piperazine rings is 1. The molecule has 0 radical (unpaired) electrons. The van der Waals surface area contributed by atoms with Crippen LogP contribution in [-0.2, 0) is 17.8 Å². The SMILES string of the molecule is COc1ccccc1CNC[C@H](Cc1c[nH]c2ccccc12)NC(=O)CN1CCN(c2ccccc2)CC1. The number of hydrogen-bond acceptors (Lipinski definition) is 5. The quantitative estimate of drug-likeness (QED) is 0.286. The van der Waals surface area contributed by atoms with Crippen molar-refractivity contribution in [3.63, 3.8) is 0 Å². The van der Waals surface area contributed by atoms with E-state index in [9.17, 15) is 4.79 Å². The summed E-state index contributed by atoms with van der Waals surface area (Å²) in [5.41, 5.74) is 4.67. The second-order valence-electron chi connectivity index (χ2n) is 9.87. The standard InChI is InChI=1S/C31H37N5O2/c1-38-30-14-8-5-9-24(30)20-32-22-26(19-25-21-33-29-13-7-6-12-28(25)29)34-31(37)23-35-15-17-36(18-16-35)27-10-3-2-4-11-27/h2-14,21,26,32-33H,15-20,22-23H2,1H3,(H,34,37)/t26-/m0/s1. The van der Waals surface area contributed by atoms with E-state index in [2.05, 4.69) is 80.1 Å².